The molecule has 0 radical (unpaired) electrons. The van der Waals surface area contributed by atoms with E-state index in [1.54, 1.807) is 0 Å². The van der Waals surface area contributed by atoms with Gasteiger partial charge in [0.15, 0.2) is 0 Å². The van der Waals surface area contributed by atoms with Crippen LogP contribution in [0.25, 0.3) is 11.1 Å². The van der Waals surface area contributed by atoms with Gasteiger partial charge in [-0.15, -0.1) is 0 Å². The van der Waals surface area contributed by atoms with E-state index in [-0.39, 0.29) is 12.0 Å². The van der Waals surface area contributed by atoms with Crippen molar-refractivity contribution in [3.05, 3.63) is 59.7 Å². The third-order valence-corrected chi connectivity index (χ3v) is 5.76. The molecule has 4 nitrogen and oxygen atoms in total. The van der Waals surface area contributed by atoms with E-state index in [0.29, 0.717) is 11.6 Å². The summed E-state index contributed by atoms with van der Waals surface area (Å²) in [4.78, 5) is 14.5. The Morgan fingerprint density at radius 2 is 1.82 bits per heavy atom. The molecule has 1 saturated carbocycles. The van der Waals surface area contributed by atoms with Crippen molar-refractivity contribution in [3.63, 3.8) is 0 Å². The van der Waals surface area contributed by atoms with Gasteiger partial charge in [0.1, 0.15) is 6.04 Å². The first kappa shape index (κ1) is 20.1. The molecule has 0 bridgehead atoms. The van der Waals surface area contributed by atoms with E-state index in [0.717, 1.165) is 30.5 Å². The van der Waals surface area contributed by atoms with Gasteiger partial charge in [-0.1, -0.05) is 61.7 Å². The zero-order valence-electron chi connectivity index (χ0n) is 16.7. The third kappa shape index (κ3) is 4.61. The van der Waals surface area contributed by atoms with Gasteiger partial charge in [-0.2, -0.15) is 5.26 Å². The molecule has 0 amide bonds. The van der Waals surface area contributed by atoms with E-state index in [9.17, 15) is 10.1 Å². The number of benzene rings is 2. The highest BCUT2D eigenvalue weighted by atomic mass is 16.5. The number of hydrogen-bond acceptors (Lipinski definition) is 4. The molecule has 28 heavy (non-hydrogen) atoms. The van der Waals surface area contributed by atoms with Crippen LogP contribution in [0.3, 0.4) is 0 Å². The van der Waals surface area contributed by atoms with E-state index in [1.165, 1.54) is 31.9 Å². The van der Waals surface area contributed by atoms with Crippen LogP contribution in [-0.4, -0.2) is 30.1 Å². The van der Waals surface area contributed by atoms with Crippen LogP contribution in [0.1, 0.15) is 50.2 Å². The summed E-state index contributed by atoms with van der Waals surface area (Å²) in [5.41, 5.74) is 3.83. The standard InChI is InChI=1S/C24H28N2O2/c1-18(24(27)28-2)26(22-9-4-3-5-10-22)17-19-12-14-20(15-13-19)23-11-7-6-8-21(23)16-25/h6-8,11-15,18,22H,3-5,9-10,17H2,1-2H3/t18-/m0/s1. The molecule has 0 saturated heterocycles. The Balaban J connectivity index is 1.80. The average Bonchev–Trinajstić information content (AvgIpc) is 2.77. The fraction of sp³-hybridized carbons (Fsp3) is 0.417. The zero-order chi connectivity index (χ0) is 19.9. The highest BCUT2D eigenvalue weighted by molar-refractivity contribution is 5.75. The molecule has 0 N–H and O–H groups in total. The van der Waals surface area contributed by atoms with Crippen LogP contribution in [-0.2, 0) is 16.1 Å². The molecule has 0 spiro atoms. The van der Waals surface area contributed by atoms with E-state index in [4.69, 9.17) is 4.74 Å². The Kier molecular flexibility index (Phi) is 6.84. The Morgan fingerprint density at radius 1 is 1.14 bits per heavy atom. The normalized spacial score (nSPS) is 15.8. The van der Waals surface area contributed by atoms with Crippen LogP contribution < -0.4 is 0 Å². The average molecular weight is 377 g/mol. The Morgan fingerprint density at radius 3 is 2.46 bits per heavy atom. The molecule has 3 rings (SSSR count). The number of carbonyl (C=O) groups is 1. The topological polar surface area (TPSA) is 53.3 Å². The van der Waals surface area contributed by atoms with Gasteiger partial charge >= 0.3 is 5.97 Å². The monoisotopic (exact) mass is 376 g/mol. The van der Waals surface area contributed by atoms with Gasteiger partial charge < -0.3 is 4.74 Å². The second-order valence-electron chi connectivity index (χ2n) is 7.52. The van der Waals surface area contributed by atoms with Gasteiger partial charge in [-0.05, 0) is 42.5 Å². The summed E-state index contributed by atoms with van der Waals surface area (Å²) in [7, 11) is 1.46. The van der Waals surface area contributed by atoms with Gasteiger partial charge in [0.05, 0.1) is 18.7 Å². The van der Waals surface area contributed by atoms with Gasteiger partial charge in [0.2, 0.25) is 0 Å². The van der Waals surface area contributed by atoms with E-state index in [2.05, 4.69) is 35.2 Å². The lowest BCUT2D eigenvalue weighted by Gasteiger charge is -2.37. The minimum Gasteiger partial charge on any atom is -0.468 e. The quantitative estimate of drug-likeness (QED) is 0.672. The summed E-state index contributed by atoms with van der Waals surface area (Å²) < 4.78 is 5.01. The minimum atomic E-state index is -0.257. The van der Waals surface area contributed by atoms with Gasteiger partial charge in [0, 0.05) is 12.6 Å². The number of esters is 1. The van der Waals surface area contributed by atoms with Gasteiger partial charge in [-0.3, -0.25) is 9.69 Å². The van der Waals surface area contributed by atoms with Crippen LogP contribution in [0.15, 0.2) is 48.5 Å². The summed E-state index contributed by atoms with van der Waals surface area (Å²) in [5, 5.41) is 9.33. The Hall–Kier alpha value is -2.64. The lowest BCUT2D eigenvalue weighted by Crippen LogP contribution is -2.46. The summed E-state index contributed by atoms with van der Waals surface area (Å²) in [6, 6.07) is 18.4. The zero-order valence-corrected chi connectivity index (χ0v) is 16.7. The molecule has 0 heterocycles. The van der Waals surface area contributed by atoms with E-state index < -0.39 is 0 Å². The molecule has 0 aromatic heterocycles. The molecule has 1 atom stereocenters. The highest BCUT2D eigenvalue weighted by Gasteiger charge is 2.29. The second kappa shape index (κ2) is 9.52. The van der Waals surface area contributed by atoms with Crippen molar-refractivity contribution in [1.29, 1.82) is 5.26 Å². The predicted molar refractivity (Wildman–Crippen MR) is 110 cm³/mol. The maximum Gasteiger partial charge on any atom is 0.322 e. The number of methoxy groups -OCH3 is 1. The molecule has 2 aromatic carbocycles. The van der Waals surface area contributed by atoms with Gasteiger partial charge in [0.25, 0.3) is 0 Å². The lowest BCUT2D eigenvalue weighted by molar-refractivity contribution is -0.147. The number of hydrogen-bond donors (Lipinski definition) is 0. The molecule has 1 aliphatic rings. The van der Waals surface area contributed by atoms with E-state index in [1.807, 2.05) is 31.2 Å². The predicted octanol–water partition coefficient (Wildman–Crippen LogP) is 4.92. The van der Waals surface area contributed by atoms with Crippen molar-refractivity contribution < 1.29 is 9.53 Å². The molecule has 0 unspecified atom stereocenters. The number of carbonyl (C=O) groups excluding carboxylic acids is 1. The van der Waals surface area contributed by atoms with Crippen molar-refractivity contribution >= 4 is 5.97 Å². The highest BCUT2D eigenvalue weighted by Crippen LogP contribution is 2.28. The van der Waals surface area contributed by atoms with Crippen LogP contribution >= 0.6 is 0 Å². The number of nitriles is 1. The molecule has 146 valence electrons. The third-order valence-electron chi connectivity index (χ3n) is 5.76. The summed E-state index contributed by atoms with van der Waals surface area (Å²) in [6.45, 7) is 2.67. The lowest BCUT2D eigenvalue weighted by atomic mass is 9.92. The van der Waals surface area contributed by atoms with Crippen molar-refractivity contribution in [2.75, 3.05) is 7.11 Å². The first-order chi connectivity index (χ1) is 13.6. The van der Waals surface area contributed by atoms with Crippen LogP contribution in [0.5, 0.6) is 0 Å². The fourth-order valence-corrected chi connectivity index (χ4v) is 4.13. The second-order valence-corrected chi connectivity index (χ2v) is 7.52. The maximum absolute atomic E-state index is 12.2. The molecule has 1 aliphatic carbocycles. The number of ether oxygens (including phenoxy) is 1. The maximum atomic E-state index is 12.2. The summed E-state index contributed by atoms with van der Waals surface area (Å²) >= 11 is 0. The molecule has 1 fully saturated rings. The molecule has 0 aliphatic heterocycles. The molecule has 2 aromatic rings. The summed E-state index contributed by atoms with van der Waals surface area (Å²) in [5.74, 6) is -0.176. The first-order valence-corrected chi connectivity index (χ1v) is 10.1. The Labute approximate surface area is 167 Å². The first-order valence-electron chi connectivity index (χ1n) is 10.1. The fourth-order valence-electron chi connectivity index (χ4n) is 4.13. The number of rotatable bonds is 6. The van der Waals surface area contributed by atoms with Crippen LogP contribution in [0.2, 0.25) is 0 Å². The molecular formula is C24H28N2O2. The largest absolute Gasteiger partial charge is 0.468 e. The van der Waals surface area contributed by atoms with Crippen molar-refractivity contribution in [3.8, 4) is 17.2 Å². The van der Waals surface area contributed by atoms with Crippen molar-refractivity contribution in [1.82, 2.24) is 4.90 Å². The molecular weight excluding hydrogens is 348 g/mol. The Bertz CT molecular complexity index is 832. The van der Waals surface area contributed by atoms with Crippen LogP contribution in [0.4, 0.5) is 0 Å². The minimum absolute atomic E-state index is 0.176. The van der Waals surface area contributed by atoms with E-state index >= 15 is 0 Å². The number of nitrogens with zero attached hydrogens (tertiary/aromatic N) is 2. The smallest absolute Gasteiger partial charge is 0.322 e. The van der Waals surface area contributed by atoms with Crippen molar-refractivity contribution in [2.45, 2.75) is 57.7 Å². The molecule has 4 heteroatoms. The summed E-state index contributed by atoms with van der Waals surface area (Å²) in [6.07, 6.45) is 5.99. The van der Waals surface area contributed by atoms with Gasteiger partial charge in [-0.25, -0.2) is 0 Å². The van der Waals surface area contributed by atoms with Crippen LogP contribution in [0, 0.1) is 11.3 Å². The SMILES string of the molecule is COC(=O)[C@H](C)N(Cc1ccc(-c2ccccc2C#N)cc1)C1CCCCC1. The van der Waals surface area contributed by atoms with Crippen molar-refractivity contribution in [2.24, 2.45) is 0 Å².